The van der Waals surface area contributed by atoms with Crippen LogP contribution in [0.2, 0.25) is 0 Å². The molecule has 0 fully saturated rings. The third-order valence-corrected chi connectivity index (χ3v) is 8.01. The molecule has 0 saturated heterocycles. The Morgan fingerprint density at radius 3 is 2.57 bits per heavy atom. The highest BCUT2D eigenvalue weighted by atomic mass is 32.2. The van der Waals surface area contributed by atoms with Crippen molar-refractivity contribution >= 4 is 38.9 Å². The molecule has 0 saturated carbocycles. The van der Waals surface area contributed by atoms with E-state index in [1.807, 2.05) is 6.26 Å². The van der Waals surface area contributed by atoms with Crippen LogP contribution in [-0.4, -0.2) is 44.8 Å². The van der Waals surface area contributed by atoms with Gasteiger partial charge in [0.25, 0.3) is 0 Å². The molecule has 0 aromatic heterocycles. The number of nitrogens with zero attached hydrogens (tertiary/aromatic N) is 1. The van der Waals surface area contributed by atoms with Crippen LogP contribution in [0.3, 0.4) is 0 Å². The van der Waals surface area contributed by atoms with Crippen LogP contribution in [0.1, 0.15) is 52.7 Å². The Kier molecular flexibility index (Phi) is 5.82. The number of thioether (sulfide) groups is 1. The van der Waals surface area contributed by atoms with Gasteiger partial charge < -0.3 is 4.84 Å². The molecule has 0 unspecified atom stereocenters. The molecule has 28 heavy (non-hydrogen) atoms. The number of carbonyl (C=O) groups is 2. The average Bonchev–Trinajstić information content (AvgIpc) is 2.65. The molecule has 1 heterocycles. The zero-order valence-corrected chi connectivity index (χ0v) is 18.1. The summed E-state index contributed by atoms with van der Waals surface area (Å²) >= 11 is 1.43. The molecule has 0 radical (unpaired) electrons. The fraction of sp³-hybridized carbons (Fsp3) is 0.450. The van der Waals surface area contributed by atoms with Crippen molar-refractivity contribution in [3.8, 4) is 0 Å². The van der Waals surface area contributed by atoms with Crippen LogP contribution in [0.4, 0.5) is 0 Å². The summed E-state index contributed by atoms with van der Waals surface area (Å²) in [5, 5.41) is 4.01. The number of benzene rings is 1. The highest BCUT2D eigenvalue weighted by Crippen LogP contribution is 2.36. The minimum absolute atomic E-state index is 0.0456. The Labute approximate surface area is 169 Å². The summed E-state index contributed by atoms with van der Waals surface area (Å²) in [4.78, 5) is 31.8. The van der Waals surface area contributed by atoms with Gasteiger partial charge in [0.2, 0.25) is 0 Å². The topological polar surface area (TPSA) is 89.9 Å². The number of rotatable bonds is 4. The predicted molar refractivity (Wildman–Crippen MR) is 110 cm³/mol. The Hall–Kier alpha value is -1.93. The van der Waals surface area contributed by atoms with E-state index in [-0.39, 0.29) is 34.2 Å². The average molecular weight is 422 g/mol. The van der Waals surface area contributed by atoms with E-state index in [1.54, 1.807) is 19.9 Å². The van der Waals surface area contributed by atoms with Crippen LogP contribution < -0.4 is 0 Å². The predicted octanol–water partition coefficient (Wildman–Crippen LogP) is 3.38. The summed E-state index contributed by atoms with van der Waals surface area (Å²) in [5.41, 5.74) is 2.56. The van der Waals surface area contributed by atoms with Crippen molar-refractivity contribution in [2.24, 2.45) is 5.16 Å². The Bertz CT molecular complexity index is 1040. The van der Waals surface area contributed by atoms with E-state index in [4.69, 9.17) is 4.84 Å². The van der Waals surface area contributed by atoms with Gasteiger partial charge in [-0.25, -0.2) is 8.42 Å². The maximum Gasteiger partial charge on any atom is 0.197 e. The summed E-state index contributed by atoms with van der Waals surface area (Å²) in [6.07, 6.45) is 3.90. The second kappa shape index (κ2) is 7.83. The highest BCUT2D eigenvalue weighted by Gasteiger charge is 2.35. The van der Waals surface area contributed by atoms with Crippen LogP contribution in [0.5, 0.6) is 0 Å². The summed E-state index contributed by atoms with van der Waals surface area (Å²) in [6, 6.07) is 1.59. The number of carbonyl (C=O) groups excluding carboxylic acids is 2. The number of ketones is 2. The van der Waals surface area contributed by atoms with Crippen molar-refractivity contribution in [3.63, 3.8) is 0 Å². The Morgan fingerprint density at radius 2 is 1.93 bits per heavy atom. The number of Topliss-reactive ketones (excluding diaryl/α,β-unsaturated/α-hetero) is 2. The standard InChI is InChI=1S/C20H23NO5S2/c1-11-10-13(19(23)18-15(22)6-5-7-16(18)27-4)12(2)17-14(21-26-3)8-9-28(24,25)20(11)17/h10H,5-9H2,1-4H3. The van der Waals surface area contributed by atoms with E-state index in [2.05, 4.69) is 5.16 Å². The molecule has 1 aliphatic heterocycles. The van der Waals surface area contributed by atoms with Crippen molar-refractivity contribution in [2.75, 3.05) is 19.1 Å². The van der Waals surface area contributed by atoms with Gasteiger partial charge in [-0.05, 0) is 55.0 Å². The minimum Gasteiger partial charge on any atom is -0.399 e. The molecular weight excluding hydrogens is 398 g/mol. The molecule has 1 aromatic carbocycles. The molecule has 6 nitrogen and oxygen atoms in total. The van der Waals surface area contributed by atoms with Crippen molar-refractivity contribution in [3.05, 3.63) is 38.8 Å². The molecule has 0 atom stereocenters. The Morgan fingerprint density at radius 1 is 1.21 bits per heavy atom. The van der Waals surface area contributed by atoms with Gasteiger partial charge in [0, 0.05) is 24.0 Å². The first-order chi connectivity index (χ1) is 13.2. The third kappa shape index (κ3) is 3.43. The van der Waals surface area contributed by atoms with Gasteiger partial charge in [-0.3, -0.25) is 9.59 Å². The maximum atomic E-state index is 13.4. The lowest BCUT2D eigenvalue weighted by molar-refractivity contribution is -0.115. The smallest absolute Gasteiger partial charge is 0.197 e. The fourth-order valence-corrected chi connectivity index (χ4v) is 6.50. The SMILES string of the molecule is CON=C1CCS(=O)(=O)c2c(C)cc(C(=O)C3=C(SC)CCCC3=O)c(C)c21. The zero-order chi connectivity index (χ0) is 20.6. The summed E-state index contributed by atoms with van der Waals surface area (Å²) < 4.78 is 25.4. The van der Waals surface area contributed by atoms with Crippen LogP contribution in [0.15, 0.2) is 26.6 Å². The first-order valence-corrected chi connectivity index (χ1v) is 11.9. The second-order valence-corrected chi connectivity index (χ2v) is 9.91. The summed E-state index contributed by atoms with van der Waals surface area (Å²) in [5.74, 6) is -0.526. The maximum absolute atomic E-state index is 13.4. The van der Waals surface area contributed by atoms with Crippen LogP contribution in [0.25, 0.3) is 0 Å². The summed E-state index contributed by atoms with van der Waals surface area (Å²) in [7, 11) is -2.06. The molecule has 2 aliphatic rings. The Balaban J connectivity index is 2.28. The third-order valence-electron chi connectivity index (χ3n) is 5.22. The highest BCUT2D eigenvalue weighted by molar-refractivity contribution is 8.02. The van der Waals surface area contributed by atoms with Crippen LogP contribution in [-0.2, 0) is 19.5 Å². The quantitative estimate of drug-likeness (QED) is 0.421. The lowest BCUT2D eigenvalue weighted by Crippen LogP contribution is -2.27. The first kappa shape index (κ1) is 20.8. The van der Waals surface area contributed by atoms with E-state index in [0.29, 0.717) is 40.8 Å². The molecule has 0 amide bonds. The van der Waals surface area contributed by atoms with E-state index in [0.717, 1.165) is 11.3 Å². The molecule has 150 valence electrons. The molecular formula is C20H23NO5S2. The van der Waals surface area contributed by atoms with Crippen molar-refractivity contribution in [2.45, 2.75) is 44.4 Å². The number of aryl methyl sites for hydroxylation is 1. The van der Waals surface area contributed by atoms with Crippen molar-refractivity contribution in [1.29, 1.82) is 0 Å². The number of allylic oxidation sites excluding steroid dienone is 2. The van der Waals surface area contributed by atoms with Gasteiger partial charge in [-0.15, -0.1) is 11.8 Å². The molecule has 3 rings (SSSR count). The number of hydrogen-bond acceptors (Lipinski definition) is 7. The molecule has 1 aliphatic carbocycles. The van der Waals surface area contributed by atoms with Crippen molar-refractivity contribution < 1.29 is 22.8 Å². The van der Waals surface area contributed by atoms with Gasteiger partial charge in [0.05, 0.1) is 21.9 Å². The molecule has 0 spiro atoms. The van der Waals surface area contributed by atoms with Gasteiger partial charge >= 0.3 is 0 Å². The number of sulfone groups is 1. The zero-order valence-electron chi connectivity index (χ0n) is 16.4. The van der Waals surface area contributed by atoms with Gasteiger partial charge in [-0.1, -0.05) is 5.16 Å². The number of oxime groups is 1. The van der Waals surface area contributed by atoms with Crippen LogP contribution in [0, 0.1) is 13.8 Å². The second-order valence-electron chi connectivity index (χ2n) is 6.97. The normalized spacial score (nSPS) is 20.3. The molecule has 0 bridgehead atoms. The molecule has 8 heteroatoms. The van der Waals surface area contributed by atoms with E-state index in [9.17, 15) is 18.0 Å². The van der Waals surface area contributed by atoms with Crippen LogP contribution >= 0.6 is 11.8 Å². The van der Waals surface area contributed by atoms with E-state index >= 15 is 0 Å². The number of hydrogen-bond donors (Lipinski definition) is 0. The largest absolute Gasteiger partial charge is 0.399 e. The molecule has 0 N–H and O–H groups in total. The van der Waals surface area contributed by atoms with E-state index in [1.165, 1.54) is 18.9 Å². The van der Waals surface area contributed by atoms with Gasteiger partial charge in [-0.2, -0.15) is 0 Å². The van der Waals surface area contributed by atoms with Crippen molar-refractivity contribution in [1.82, 2.24) is 0 Å². The first-order valence-electron chi connectivity index (χ1n) is 9.05. The van der Waals surface area contributed by atoms with Gasteiger partial charge in [0.15, 0.2) is 21.4 Å². The fourth-order valence-electron chi connectivity index (χ4n) is 3.94. The van der Waals surface area contributed by atoms with Gasteiger partial charge in [0.1, 0.15) is 7.11 Å². The van der Waals surface area contributed by atoms with E-state index < -0.39 is 9.84 Å². The lowest BCUT2D eigenvalue weighted by atomic mass is 9.86. The lowest BCUT2D eigenvalue weighted by Gasteiger charge is -2.24. The monoisotopic (exact) mass is 421 g/mol. The molecule has 1 aromatic rings. The minimum atomic E-state index is -3.47. The summed E-state index contributed by atoms with van der Waals surface area (Å²) in [6.45, 7) is 3.39. The number of fused-ring (bicyclic) bond motifs is 1.